The Bertz CT molecular complexity index is 6.00. The molecule has 4 heteroatoms. The van der Waals surface area contributed by atoms with Gasteiger partial charge in [0.1, 0.15) is 0 Å². The van der Waals surface area contributed by atoms with E-state index in [1.54, 1.807) is 0 Å². The van der Waals surface area contributed by atoms with E-state index in [1.807, 2.05) is 0 Å². The molecule has 0 radical (unpaired) electrons. The van der Waals surface area contributed by atoms with E-state index in [0.29, 0.717) is 0 Å². The van der Waals surface area contributed by atoms with Gasteiger partial charge < -0.3 is 11.0 Å². The summed E-state index contributed by atoms with van der Waals surface area (Å²) in [5.74, 6) is 0. The molecule has 0 aromatic carbocycles. The van der Waals surface area contributed by atoms with Crippen molar-refractivity contribution in [1.29, 1.82) is 0 Å². The van der Waals surface area contributed by atoms with Crippen LogP contribution in [0.3, 0.4) is 0 Å². The van der Waals surface area contributed by atoms with Crippen LogP contribution in [0.15, 0.2) is 0 Å². The second-order valence-electron chi connectivity index (χ2n) is 0. The maximum atomic E-state index is 0. The van der Waals surface area contributed by atoms with Gasteiger partial charge in [0.05, 0.1) is 0 Å². The molecule has 0 aliphatic rings. The molecule has 0 aromatic rings. The van der Waals surface area contributed by atoms with Gasteiger partial charge in [-0.3, -0.25) is 0 Å². The Kier molecular flexibility index (Phi) is 179. The van der Waals surface area contributed by atoms with Gasteiger partial charge in [0.25, 0.3) is 0 Å². The topological polar surface area (TPSA) is 57.0 Å². The Morgan fingerprint density at radius 1 is 0.750 bits per heavy atom. The third kappa shape index (κ3) is 8.96. The second-order valence-corrected chi connectivity index (χ2v) is 0. The van der Waals surface area contributed by atoms with Crippen molar-refractivity contribution in [1.82, 2.24) is 0 Å². The van der Waals surface area contributed by atoms with E-state index >= 15 is 0 Å². The molecule has 0 amide bonds. The smallest absolute Gasteiger partial charge is 2.00 e. The molecule has 0 N–H and O–H groups in total. The van der Waals surface area contributed by atoms with Crippen LogP contribution in [0.4, 0.5) is 0 Å². The first kappa shape index (κ1) is 36.5. The Balaban J connectivity index is 0. The molecule has 0 atom stereocenters. The molecule has 16 valence electrons. The summed E-state index contributed by atoms with van der Waals surface area (Å²) in [6.07, 6.45) is 0. The minimum absolute atomic E-state index is 0. The zero-order valence-corrected chi connectivity index (χ0v) is 6.69. The van der Waals surface area contributed by atoms with Crippen LogP contribution >= 0.6 is 0 Å². The largest absolute Gasteiger partial charge is 4.00 e. The van der Waals surface area contributed by atoms with Gasteiger partial charge in [0, 0.05) is 0 Å². The molecular formula is CaO2Zr+2. The molecule has 0 aliphatic carbocycles. The van der Waals surface area contributed by atoms with Gasteiger partial charge in [-0.1, -0.05) is 0 Å². The van der Waals surface area contributed by atoms with E-state index in [0.717, 1.165) is 0 Å². The average molecular weight is 163 g/mol. The first-order valence-electron chi connectivity index (χ1n) is 0. The van der Waals surface area contributed by atoms with Gasteiger partial charge in [0.15, 0.2) is 0 Å². The summed E-state index contributed by atoms with van der Waals surface area (Å²) in [6.45, 7) is 0. The van der Waals surface area contributed by atoms with Gasteiger partial charge in [-0.25, -0.2) is 0 Å². The fourth-order valence-corrected chi connectivity index (χ4v) is 0. The van der Waals surface area contributed by atoms with Crippen LogP contribution in [0.2, 0.25) is 0 Å². The molecule has 0 spiro atoms. The van der Waals surface area contributed by atoms with Crippen molar-refractivity contribution in [2.45, 2.75) is 0 Å². The predicted molar refractivity (Wildman–Crippen MR) is 7.13 cm³/mol. The molecule has 0 saturated heterocycles. The van der Waals surface area contributed by atoms with Crippen LogP contribution in [0.5, 0.6) is 0 Å². The molecule has 0 unspecified atom stereocenters. The van der Waals surface area contributed by atoms with Crippen molar-refractivity contribution >= 4 is 37.7 Å². The predicted octanol–water partition coefficient (Wildman–Crippen LogP) is -0.621. The first-order chi connectivity index (χ1) is 0. The third-order valence-corrected chi connectivity index (χ3v) is 0. The fraction of sp³-hybridized carbons (Fsp3) is 0. The first-order valence-corrected chi connectivity index (χ1v) is 0. The van der Waals surface area contributed by atoms with E-state index in [-0.39, 0.29) is 74.9 Å². The monoisotopic (exact) mass is 162 g/mol. The summed E-state index contributed by atoms with van der Waals surface area (Å²) in [7, 11) is 0. The maximum absolute atomic E-state index is 0. The molecule has 0 aromatic heterocycles. The van der Waals surface area contributed by atoms with Crippen molar-refractivity contribution < 1.29 is 37.2 Å². The molecule has 0 rings (SSSR count). The molecule has 0 fully saturated rings. The van der Waals surface area contributed by atoms with Crippen molar-refractivity contribution in [3.8, 4) is 0 Å². The Hall–Kier alpha value is 2.06. The summed E-state index contributed by atoms with van der Waals surface area (Å²) in [5.41, 5.74) is 0. The van der Waals surface area contributed by atoms with Gasteiger partial charge in [-0.2, -0.15) is 0 Å². The maximum Gasteiger partial charge on any atom is 4.00 e. The SMILES string of the molecule is [Ca+2].[O-2].[O-2].[Zr+4]. The van der Waals surface area contributed by atoms with E-state index in [9.17, 15) is 0 Å². The van der Waals surface area contributed by atoms with Crippen LogP contribution in [0.25, 0.3) is 0 Å². The molecule has 0 bridgehead atoms. The Labute approximate surface area is 73.7 Å². The standard InChI is InChI=1S/Ca.2O.Zr/q+2;2*-2;+4. The molecule has 0 heterocycles. The number of hydrogen-bond acceptors (Lipinski definition) is 0. The van der Waals surface area contributed by atoms with Crippen molar-refractivity contribution in [3.05, 3.63) is 0 Å². The van der Waals surface area contributed by atoms with E-state index in [4.69, 9.17) is 0 Å². The van der Waals surface area contributed by atoms with Crippen LogP contribution in [-0.4, -0.2) is 37.7 Å². The van der Waals surface area contributed by atoms with Gasteiger partial charge >= 0.3 is 63.9 Å². The zero-order chi connectivity index (χ0) is 0. The summed E-state index contributed by atoms with van der Waals surface area (Å²) >= 11 is 0. The zero-order valence-electron chi connectivity index (χ0n) is 2.02. The van der Waals surface area contributed by atoms with Gasteiger partial charge in [0.2, 0.25) is 0 Å². The minimum Gasteiger partial charge on any atom is -2.00 e. The minimum atomic E-state index is 0. The summed E-state index contributed by atoms with van der Waals surface area (Å²) in [4.78, 5) is 0. The molecule has 0 saturated carbocycles. The van der Waals surface area contributed by atoms with E-state index < -0.39 is 0 Å². The molecule has 0 aliphatic heterocycles. The van der Waals surface area contributed by atoms with Crippen LogP contribution in [-0.2, 0) is 37.2 Å². The van der Waals surface area contributed by atoms with Crippen LogP contribution in [0, 0.1) is 0 Å². The third-order valence-electron chi connectivity index (χ3n) is 0. The fourth-order valence-electron chi connectivity index (χ4n) is 0. The Morgan fingerprint density at radius 3 is 0.750 bits per heavy atom. The van der Waals surface area contributed by atoms with Crippen LogP contribution < -0.4 is 0 Å². The van der Waals surface area contributed by atoms with Gasteiger partial charge in [-0.05, 0) is 0 Å². The van der Waals surface area contributed by atoms with E-state index in [2.05, 4.69) is 0 Å². The van der Waals surface area contributed by atoms with E-state index in [1.165, 1.54) is 0 Å². The second kappa shape index (κ2) is 19.6. The Morgan fingerprint density at radius 2 is 0.750 bits per heavy atom. The van der Waals surface area contributed by atoms with Crippen LogP contribution in [0.1, 0.15) is 0 Å². The number of hydrogen-bond donors (Lipinski definition) is 0. The molecule has 4 heavy (non-hydrogen) atoms. The number of rotatable bonds is 0. The normalized spacial score (nSPS) is 0. The summed E-state index contributed by atoms with van der Waals surface area (Å²) in [6, 6.07) is 0. The average Bonchev–Trinajstić information content (AvgIpc) is 0. The molecular weight excluding hydrogens is 163 g/mol. The van der Waals surface area contributed by atoms with Crippen molar-refractivity contribution in [2.75, 3.05) is 0 Å². The van der Waals surface area contributed by atoms with Crippen molar-refractivity contribution in [3.63, 3.8) is 0 Å². The van der Waals surface area contributed by atoms with Gasteiger partial charge in [-0.15, -0.1) is 0 Å². The quantitative estimate of drug-likeness (QED) is 0.427. The van der Waals surface area contributed by atoms with Crippen molar-refractivity contribution in [2.24, 2.45) is 0 Å². The summed E-state index contributed by atoms with van der Waals surface area (Å²) in [5, 5.41) is 0. The summed E-state index contributed by atoms with van der Waals surface area (Å²) < 4.78 is 0. The molecule has 2 nitrogen and oxygen atoms in total.